The Morgan fingerprint density at radius 2 is 1.73 bits per heavy atom. The maximum absolute atomic E-state index is 12.6. The van der Waals surface area contributed by atoms with Crippen LogP contribution in [0.1, 0.15) is 23.5 Å². The molecule has 2 N–H and O–H groups in total. The van der Waals surface area contributed by atoms with Crippen LogP contribution in [0.15, 0.2) is 45.9 Å². The molecule has 1 amide bonds. The highest BCUT2D eigenvalue weighted by atomic mass is 79.9. The molecule has 158 valence electrons. The smallest absolute Gasteiger partial charge is 0.264 e. The van der Waals surface area contributed by atoms with E-state index in [0.29, 0.717) is 23.6 Å². The number of hydrogen-bond acceptors (Lipinski definition) is 6. The first-order chi connectivity index (χ1) is 14.1. The highest BCUT2D eigenvalue weighted by Crippen LogP contribution is 2.18. The molecule has 0 fully saturated rings. The number of benzene rings is 1. The van der Waals surface area contributed by atoms with Crippen LogP contribution in [0, 0.1) is 20.8 Å². The zero-order valence-electron chi connectivity index (χ0n) is 16.7. The molecule has 0 bridgehead atoms. The van der Waals surface area contributed by atoms with Crippen LogP contribution in [0.25, 0.3) is 0 Å². The average molecular weight is 493 g/mol. The summed E-state index contributed by atoms with van der Waals surface area (Å²) in [5.41, 5.74) is 2.68. The molecule has 0 spiro atoms. The molecule has 2 heterocycles. The minimum atomic E-state index is -3.84. The van der Waals surface area contributed by atoms with Crippen molar-refractivity contribution >= 4 is 43.5 Å². The van der Waals surface area contributed by atoms with Crippen molar-refractivity contribution in [3.63, 3.8) is 0 Å². The summed E-state index contributed by atoms with van der Waals surface area (Å²) in [5, 5.41) is 7.02. The van der Waals surface area contributed by atoms with Crippen molar-refractivity contribution in [2.24, 2.45) is 0 Å². The second-order valence-corrected chi connectivity index (χ2v) is 9.26. The third-order valence-corrected chi connectivity index (χ3v) is 6.23. The number of aryl methyl sites for hydroxylation is 4. The van der Waals surface area contributed by atoms with Gasteiger partial charge in [-0.2, -0.15) is 5.10 Å². The van der Waals surface area contributed by atoms with Crippen molar-refractivity contribution in [1.82, 2.24) is 19.7 Å². The first-order valence-corrected chi connectivity index (χ1v) is 11.3. The number of halogens is 1. The Kier molecular flexibility index (Phi) is 6.52. The van der Waals surface area contributed by atoms with E-state index >= 15 is 0 Å². The topological polar surface area (TPSA) is 119 Å². The third-order valence-electron chi connectivity index (χ3n) is 4.11. The van der Waals surface area contributed by atoms with E-state index in [9.17, 15) is 13.2 Å². The molecule has 0 atom stereocenters. The van der Waals surface area contributed by atoms with Crippen LogP contribution < -0.4 is 10.0 Å². The lowest BCUT2D eigenvalue weighted by Crippen LogP contribution is -2.16. The van der Waals surface area contributed by atoms with Crippen LogP contribution in [0.2, 0.25) is 0 Å². The molecular weight excluding hydrogens is 472 g/mol. The first-order valence-electron chi connectivity index (χ1n) is 9.07. The van der Waals surface area contributed by atoms with Crippen LogP contribution in [0.4, 0.5) is 11.6 Å². The number of aromatic nitrogens is 4. The number of carbonyl (C=O) groups is 1. The number of sulfonamides is 1. The Labute approximate surface area is 183 Å². The van der Waals surface area contributed by atoms with E-state index in [1.807, 2.05) is 13.1 Å². The fourth-order valence-corrected chi connectivity index (χ4v) is 3.98. The average Bonchev–Trinajstić information content (AvgIpc) is 2.97. The standard InChI is InChI=1S/C19H21BrN6O3S/c1-12-10-13(2)22-19(21-12)25-30(28,29)16-6-4-15(5-7-16)23-18(27)8-9-26-11-17(20)14(3)24-26/h4-7,10-11H,8-9H2,1-3H3,(H,23,27)(H,21,22,25). The molecule has 3 rings (SSSR count). The SMILES string of the molecule is Cc1cc(C)nc(NS(=O)(=O)c2ccc(NC(=O)CCn3cc(Br)c(C)n3)cc2)n1. The fourth-order valence-electron chi connectivity index (χ4n) is 2.72. The van der Waals surface area contributed by atoms with E-state index in [-0.39, 0.29) is 23.2 Å². The van der Waals surface area contributed by atoms with E-state index in [1.165, 1.54) is 24.3 Å². The number of amides is 1. The van der Waals surface area contributed by atoms with E-state index in [2.05, 4.69) is 41.0 Å². The Bertz CT molecular complexity index is 1140. The van der Waals surface area contributed by atoms with Gasteiger partial charge in [0.2, 0.25) is 11.9 Å². The van der Waals surface area contributed by atoms with Crippen molar-refractivity contribution < 1.29 is 13.2 Å². The number of nitrogens with zero attached hydrogens (tertiary/aromatic N) is 4. The molecule has 9 nitrogen and oxygen atoms in total. The maximum atomic E-state index is 12.6. The van der Waals surface area contributed by atoms with Gasteiger partial charge >= 0.3 is 0 Å². The van der Waals surface area contributed by atoms with Gasteiger partial charge in [-0.05, 0) is 67.0 Å². The Balaban J connectivity index is 1.61. The largest absolute Gasteiger partial charge is 0.326 e. The van der Waals surface area contributed by atoms with Gasteiger partial charge in [0.15, 0.2) is 0 Å². The summed E-state index contributed by atoms with van der Waals surface area (Å²) in [4.78, 5) is 20.4. The van der Waals surface area contributed by atoms with Crippen molar-refractivity contribution in [1.29, 1.82) is 0 Å². The number of rotatable bonds is 7. The number of hydrogen-bond donors (Lipinski definition) is 2. The molecule has 0 unspecified atom stereocenters. The van der Waals surface area contributed by atoms with Gasteiger partial charge in [0.05, 0.1) is 15.1 Å². The predicted octanol–water partition coefficient (Wildman–Crippen LogP) is 3.19. The van der Waals surface area contributed by atoms with Crippen LogP contribution >= 0.6 is 15.9 Å². The summed E-state index contributed by atoms with van der Waals surface area (Å²) in [7, 11) is -3.84. The molecule has 0 radical (unpaired) electrons. The number of carbonyl (C=O) groups excluding carboxylic acids is 1. The second kappa shape index (κ2) is 8.92. The minimum Gasteiger partial charge on any atom is -0.326 e. The minimum absolute atomic E-state index is 0.0189. The van der Waals surface area contributed by atoms with E-state index < -0.39 is 10.0 Å². The van der Waals surface area contributed by atoms with E-state index in [0.717, 1.165) is 10.2 Å². The van der Waals surface area contributed by atoms with Gasteiger partial charge in [-0.15, -0.1) is 0 Å². The van der Waals surface area contributed by atoms with Crippen molar-refractivity contribution in [3.05, 3.63) is 58.1 Å². The van der Waals surface area contributed by atoms with Crippen molar-refractivity contribution in [3.8, 4) is 0 Å². The van der Waals surface area contributed by atoms with Gasteiger partial charge in [0.25, 0.3) is 10.0 Å². The molecule has 0 aliphatic rings. The Hall–Kier alpha value is -2.79. The number of anilines is 2. The normalized spacial score (nSPS) is 11.3. The molecule has 1 aromatic carbocycles. The lowest BCUT2D eigenvalue weighted by molar-refractivity contribution is -0.116. The van der Waals surface area contributed by atoms with Gasteiger partial charge in [-0.1, -0.05) is 0 Å². The predicted molar refractivity (Wildman–Crippen MR) is 117 cm³/mol. The molecule has 2 aromatic heterocycles. The Morgan fingerprint density at radius 1 is 1.10 bits per heavy atom. The van der Waals surface area contributed by atoms with Crippen LogP contribution in [0.5, 0.6) is 0 Å². The summed E-state index contributed by atoms with van der Waals surface area (Å²) in [6.45, 7) is 5.83. The molecule has 0 aliphatic carbocycles. The number of nitrogens with one attached hydrogen (secondary N) is 2. The summed E-state index contributed by atoms with van der Waals surface area (Å²) < 4.78 is 30.1. The highest BCUT2D eigenvalue weighted by molar-refractivity contribution is 9.10. The second-order valence-electron chi connectivity index (χ2n) is 6.73. The highest BCUT2D eigenvalue weighted by Gasteiger charge is 2.16. The molecule has 0 saturated carbocycles. The third kappa shape index (κ3) is 5.63. The summed E-state index contributed by atoms with van der Waals surface area (Å²) in [6.07, 6.45) is 2.05. The van der Waals surface area contributed by atoms with E-state index in [4.69, 9.17) is 0 Å². The quantitative estimate of drug-likeness (QED) is 0.522. The molecule has 3 aromatic rings. The van der Waals surface area contributed by atoms with Gasteiger partial charge in [-0.25, -0.2) is 23.1 Å². The molecule has 0 saturated heterocycles. The zero-order chi connectivity index (χ0) is 21.9. The van der Waals surface area contributed by atoms with Crippen molar-refractivity contribution in [2.45, 2.75) is 38.6 Å². The molecule has 0 aliphatic heterocycles. The van der Waals surface area contributed by atoms with E-state index in [1.54, 1.807) is 24.6 Å². The lowest BCUT2D eigenvalue weighted by atomic mass is 10.3. The van der Waals surface area contributed by atoms with Gasteiger partial charge < -0.3 is 5.32 Å². The van der Waals surface area contributed by atoms with Gasteiger partial charge in [0, 0.05) is 36.2 Å². The lowest BCUT2D eigenvalue weighted by Gasteiger charge is -2.09. The fraction of sp³-hybridized carbons (Fsp3) is 0.263. The molecule has 30 heavy (non-hydrogen) atoms. The first kappa shape index (κ1) is 21.9. The monoisotopic (exact) mass is 492 g/mol. The van der Waals surface area contributed by atoms with Crippen LogP contribution in [-0.2, 0) is 21.4 Å². The van der Waals surface area contributed by atoms with Gasteiger partial charge in [-0.3, -0.25) is 9.48 Å². The summed E-state index contributed by atoms with van der Waals surface area (Å²) in [6, 6.07) is 7.64. The summed E-state index contributed by atoms with van der Waals surface area (Å²) >= 11 is 3.38. The zero-order valence-corrected chi connectivity index (χ0v) is 19.1. The molecular formula is C19H21BrN6O3S. The van der Waals surface area contributed by atoms with Crippen LogP contribution in [-0.4, -0.2) is 34.1 Å². The van der Waals surface area contributed by atoms with Gasteiger partial charge in [0.1, 0.15) is 0 Å². The van der Waals surface area contributed by atoms with Crippen molar-refractivity contribution in [2.75, 3.05) is 10.0 Å². The molecule has 11 heteroatoms. The maximum Gasteiger partial charge on any atom is 0.264 e. The summed E-state index contributed by atoms with van der Waals surface area (Å²) in [5.74, 6) is -0.179. The van der Waals surface area contributed by atoms with Crippen LogP contribution in [0.3, 0.4) is 0 Å². The Morgan fingerprint density at radius 3 is 2.30 bits per heavy atom.